The van der Waals surface area contributed by atoms with Gasteiger partial charge in [-0.15, -0.1) is 0 Å². The lowest BCUT2D eigenvalue weighted by Crippen LogP contribution is -1.87. The van der Waals surface area contributed by atoms with E-state index in [0.717, 1.165) is 22.4 Å². The van der Waals surface area contributed by atoms with Crippen LogP contribution in [0.3, 0.4) is 0 Å². The van der Waals surface area contributed by atoms with Crippen molar-refractivity contribution in [1.29, 1.82) is 0 Å². The first kappa shape index (κ1) is 16.0. The largest absolute Gasteiger partial charge is 0.507 e. The zero-order valence-corrected chi connectivity index (χ0v) is 14.1. The second kappa shape index (κ2) is 6.41. The van der Waals surface area contributed by atoms with Crippen molar-refractivity contribution in [3.8, 4) is 39.7 Å². The summed E-state index contributed by atoms with van der Waals surface area (Å²) in [5, 5.41) is 20.8. The van der Waals surface area contributed by atoms with Crippen LogP contribution in [0.15, 0.2) is 77.2 Å². The summed E-state index contributed by atoms with van der Waals surface area (Å²) in [4.78, 5) is 0. The topological polar surface area (TPSA) is 61.0 Å². The van der Waals surface area contributed by atoms with Gasteiger partial charge in [0, 0.05) is 11.6 Å². The number of hydrogen-bond acceptors (Lipinski definition) is 3. The van der Waals surface area contributed by atoms with E-state index in [1.807, 2.05) is 60.7 Å². The lowest BCUT2D eigenvalue weighted by atomic mass is 9.99. The summed E-state index contributed by atoms with van der Waals surface area (Å²) in [6.07, 6.45) is 0. The number of ether oxygens (including phenoxy) is 1. The van der Waals surface area contributed by atoms with E-state index in [2.05, 4.69) is 0 Å². The summed E-state index contributed by atoms with van der Waals surface area (Å²) < 4.78 is 11.2. The van der Waals surface area contributed by atoms with E-state index in [0.29, 0.717) is 16.7 Å². The fourth-order valence-corrected chi connectivity index (χ4v) is 3.03. The maximum atomic E-state index is 10.4. The van der Waals surface area contributed by atoms with Crippen LogP contribution in [0, 0.1) is 0 Å². The average Bonchev–Trinajstić information content (AvgIpc) is 2.67. The first-order valence-corrected chi connectivity index (χ1v) is 8.18. The van der Waals surface area contributed by atoms with Gasteiger partial charge >= 0.3 is 11.3 Å². The van der Waals surface area contributed by atoms with Crippen molar-refractivity contribution < 1.29 is 19.4 Å². The third kappa shape index (κ3) is 2.82. The van der Waals surface area contributed by atoms with Gasteiger partial charge in [-0.05, 0) is 29.8 Å². The Morgan fingerprint density at radius 1 is 0.808 bits per heavy atom. The van der Waals surface area contributed by atoms with Crippen molar-refractivity contribution in [2.45, 2.75) is 0 Å². The van der Waals surface area contributed by atoms with Crippen LogP contribution in [0.25, 0.3) is 33.4 Å². The molecule has 0 aliphatic heterocycles. The van der Waals surface area contributed by atoms with Gasteiger partial charge in [-0.3, -0.25) is 0 Å². The molecule has 0 saturated heterocycles. The molecule has 26 heavy (non-hydrogen) atoms. The Hall–Kier alpha value is -3.53. The van der Waals surface area contributed by atoms with E-state index in [-0.39, 0.29) is 11.5 Å². The molecule has 1 aromatic heterocycles. The number of benzene rings is 3. The quantitative estimate of drug-likeness (QED) is 0.484. The fourth-order valence-electron chi connectivity index (χ4n) is 3.03. The minimum Gasteiger partial charge on any atom is -0.507 e. The second-order valence-electron chi connectivity index (χ2n) is 5.96. The Bertz CT molecular complexity index is 1070. The minimum absolute atomic E-state index is 0.0242. The van der Waals surface area contributed by atoms with Crippen LogP contribution in [0.4, 0.5) is 0 Å². The summed E-state index contributed by atoms with van der Waals surface area (Å²) >= 11 is 0. The predicted molar refractivity (Wildman–Crippen MR) is 101 cm³/mol. The molecule has 2 N–H and O–H groups in total. The minimum atomic E-state index is -0.0513. The Morgan fingerprint density at radius 3 is 2.23 bits per heavy atom. The highest BCUT2D eigenvalue weighted by Crippen LogP contribution is 2.40. The molecule has 1 heterocycles. The highest BCUT2D eigenvalue weighted by molar-refractivity contribution is 5.99. The summed E-state index contributed by atoms with van der Waals surface area (Å²) in [5.74, 6) is 1.31. The van der Waals surface area contributed by atoms with Crippen molar-refractivity contribution in [2.75, 3.05) is 7.11 Å². The molecule has 0 radical (unpaired) electrons. The predicted octanol–water partition coefficient (Wildman–Crippen LogP) is 5.47. The van der Waals surface area contributed by atoms with E-state index in [1.54, 1.807) is 7.11 Å². The maximum absolute atomic E-state index is 10.4. The second-order valence-corrected chi connectivity index (χ2v) is 5.96. The molecule has 0 spiro atoms. The first-order chi connectivity index (χ1) is 12.7. The lowest BCUT2D eigenvalue weighted by molar-refractivity contribution is 0.415. The van der Waals surface area contributed by atoms with Crippen LogP contribution in [0.1, 0.15) is 0 Å². The molecular formula is C22H17O4+. The molecule has 0 aliphatic rings. The molecule has 0 bridgehead atoms. The molecule has 0 atom stereocenters. The maximum Gasteiger partial charge on any atom is 0.368 e. The molecule has 0 fully saturated rings. The van der Waals surface area contributed by atoms with Gasteiger partial charge in [0.15, 0.2) is 0 Å². The number of hydrogen-bond donors (Lipinski definition) is 2. The summed E-state index contributed by atoms with van der Waals surface area (Å²) in [7, 11) is 1.62. The van der Waals surface area contributed by atoms with Gasteiger partial charge < -0.3 is 14.9 Å². The third-order valence-corrected chi connectivity index (χ3v) is 4.29. The molecule has 4 nitrogen and oxygen atoms in total. The zero-order chi connectivity index (χ0) is 18.1. The Kier molecular flexibility index (Phi) is 3.93. The van der Waals surface area contributed by atoms with Crippen molar-refractivity contribution in [2.24, 2.45) is 0 Å². The number of phenols is 2. The van der Waals surface area contributed by atoms with Crippen LogP contribution in [-0.2, 0) is 0 Å². The molecule has 3 aromatic carbocycles. The normalized spacial score (nSPS) is 10.8. The molecular weight excluding hydrogens is 328 g/mol. The van der Waals surface area contributed by atoms with Crippen LogP contribution >= 0.6 is 0 Å². The zero-order valence-electron chi connectivity index (χ0n) is 14.1. The lowest BCUT2D eigenvalue weighted by Gasteiger charge is -2.06. The average molecular weight is 345 g/mol. The summed E-state index contributed by atoms with van der Waals surface area (Å²) in [5.41, 5.74) is 3.06. The summed E-state index contributed by atoms with van der Waals surface area (Å²) in [6.45, 7) is 0. The van der Waals surface area contributed by atoms with Gasteiger partial charge in [-0.25, -0.2) is 4.42 Å². The number of phenolic OH excluding ortho intramolecular Hbond substituents is 2. The van der Waals surface area contributed by atoms with Crippen LogP contribution in [-0.4, -0.2) is 17.3 Å². The standard InChI is InChI=1S/C22H16O4/c1-25-17-9-7-15(8-10-17)20-13-18(14-5-3-2-4-6-14)22-19(24)11-16(23)12-21(22)26-20/h2-13H,1H3,(H-,23,24)/p+1. The third-order valence-electron chi connectivity index (χ3n) is 4.29. The number of aromatic hydroxyl groups is 2. The van der Waals surface area contributed by atoms with Crippen LogP contribution < -0.4 is 4.74 Å². The van der Waals surface area contributed by atoms with E-state index in [1.165, 1.54) is 12.1 Å². The van der Waals surface area contributed by atoms with Crippen molar-refractivity contribution in [3.63, 3.8) is 0 Å². The SMILES string of the molecule is COc1ccc(-c2cc(-c3ccccc3)c3c(O)cc(O)cc3[o+]2)cc1. The van der Waals surface area contributed by atoms with Gasteiger partial charge in [-0.2, -0.15) is 0 Å². The molecule has 0 amide bonds. The van der Waals surface area contributed by atoms with E-state index < -0.39 is 0 Å². The molecule has 128 valence electrons. The van der Waals surface area contributed by atoms with Crippen LogP contribution in [0.2, 0.25) is 0 Å². The summed E-state index contributed by atoms with van der Waals surface area (Å²) in [6, 6.07) is 22.0. The first-order valence-electron chi connectivity index (χ1n) is 8.18. The molecule has 0 saturated carbocycles. The van der Waals surface area contributed by atoms with Gasteiger partial charge in [0.25, 0.3) is 0 Å². The molecule has 4 aromatic rings. The number of methoxy groups -OCH3 is 1. The highest BCUT2D eigenvalue weighted by atomic mass is 16.5. The Balaban J connectivity index is 2.00. The number of rotatable bonds is 3. The molecule has 0 aliphatic carbocycles. The Labute approximate surface area is 150 Å². The van der Waals surface area contributed by atoms with Crippen LogP contribution in [0.5, 0.6) is 17.2 Å². The van der Waals surface area contributed by atoms with Gasteiger partial charge in [0.1, 0.15) is 22.6 Å². The van der Waals surface area contributed by atoms with E-state index >= 15 is 0 Å². The molecule has 0 unspecified atom stereocenters. The van der Waals surface area contributed by atoms with Gasteiger partial charge in [0.2, 0.25) is 0 Å². The smallest absolute Gasteiger partial charge is 0.368 e. The fraction of sp³-hybridized carbons (Fsp3) is 0.0455. The van der Waals surface area contributed by atoms with Gasteiger partial charge in [-0.1, -0.05) is 30.3 Å². The van der Waals surface area contributed by atoms with Gasteiger partial charge in [0.05, 0.1) is 24.8 Å². The van der Waals surface area contributed by atoms with Crippen molar-refractivity contribution >= 4 is 11.0 Å². The van der Waals surface area contributed by atoms with Crippen molar-refractivity contribution in [1.82, 2.24) is 0 Å². The molecule has 4 rings (SSSR count). The van der Waals surface area contributed by atoms with E-state index in [9.17, 15) is 10.2 Å². The monoisotopic (exact) mass is 345 g/mol. The Morgan fingerprint density at radius 2 is 1.54 bits per heavy atom. The van der Waals surface area contributed by atoms with E-state index in [4.69, 9.17) is 9.15 Å². The van der Waals surface area contributed by atoms with Crippen molar-refractivity contribution in [3.05, 3.63) is 72.8 Å². The number of fused-ring (bicyclic) bond motifs is 1. The highest BCUT2D eigenvalue weighted by Gasteiger charge is 2.23. The molecule has 4 heteroatoms.